The van der Waals surface area contributed by atoms with Crippen molar-refractivity contribution in [3.8, 4) is 0 Å². The van der Waals surface area contributed by atoms with E-state index in [1.165, 1.54) is 23.3 Å². The molecule has 0 unspecified atom stereocenters. The van der Waals surface area contributed by atoms with Crippen molar-refractivity contribution in [3.63, 3.8) is 0 Å². The zero-order chi connectivity index (χ0) is 17.2. The number of aryl methyl sites for hydroxylation is 2. The van der Waals surface area contributed by atoms with Crippen molar-refractivity contribution < 1.29 is 12.6 Å². The molecule has 2 aromatic rings. The first-order valence-electron chi connectivity index (χ1n) is 7.46. The molecule has 0 aliphatic heterocycles. The van der Waals surface area contributed by atoms with Crippen LogP contribution in [0.4, 0.5) is 0 Å². The Balaban J connectivity index is 2.18. The Labute approximate surface area is 146 Å². The van der Waals surface area contributed by atoms with Gasteiger partial charge in [-0.15, -0.1) is 0 Å². The highest BCUT2D eigenvalue weighted by atomic mass is 79.9. The lowest BCUT2D eigenvalue weighted by Gasteiger charge is -2.21. The smallest absolute Gasteiger partial charge is 0.263 e. The lowest BCUT2D eigenvalue weighted by molar-refractivity contribution is 0.203. The van der Waals surface area contributed by atoms with Crippen molar-refractivity contribution in [2.45, 2.75) is 44.6 Å². The van der Waals surface area contributed by atoms with Crippen molar-refractivity contribution >= 4 is 26.0 Å². The van der Waals surface area contributed by atoms with E-state index in [0.717, 1.165) is 10.0 Å². The van der Waals surface area contributed by atoms with Crippen LogP contribution in [0, 0.1) is 13.8 Å². The van der Waals surface area contributed by atoms with Crippen molar-refractivity contribution in [2.24, 2.45) is 0 Å². The highest BCUT2D eigenvalue weighted by Crippen LogP contribution is 2.26. The third-order valence-electron chi connectivity index (χ3n) is 4.14. The van der Waals surface area contributed by atoms with Crippen LogP contribution >= 0.6 is 15.9 Å². The molecule has 0 saturated heterocycles. The highest BCUT2D eigenvalue weighted by molar-refractivity contribution is 9.10. The van der Waals surface area contributed by atoms with Crippen LogP contribution in [0.5, 0.6) is 0 Å². The van der Waals surface area contributed by atoms with Gasteiger partial charge < -0.3 is 0 Å². The Morgan fingerprint density at radius 1 is 0.957 bits per heavy atom. The second kappa shape index (κ2) is 7.16. The van der Waals surface area contributed by atoms with E-state index in [1.54, 1.807) is 19.1 Å². The molecule has 2 aromatic carbocycles. The van der Waals surface area contributed by atoms with Gasteiger partial charge in [0, 0.05) is 10.4 Å². The summed E-state index contributed by atoms with van der Waals surface area (Å²) in [7, 11) is -3.77. The molecule has 0 N–H and O–H groups in total. The fraction of sp³-hybridized carbons (Fsp3) is 0.333. The molecule has 0 aromatic heterocycles. The summed E-state index contributed by atoms with van der Waals surface area (Å²) in [5, 5.41) is 0. The summed E-state index contributed by atoms with van der Waals surface area (Å²) in [4.78, 5) is 0.167. The van der Waals surface area contributed by atoms with Gasteiger partial charge in [0.05, 0.1) is 11.0 Å². The SMILES string of the molecule is Cc1ccc([C@H](C)[C@@H](C)OS(=O)(=O)c2ccc(Br)cc2)cc1C. The minimum Gasteiger partial charge on any atom is -0.263 e. The largest absolute Gasteiger partial charge is 0.297 e. The van der Waals surface area contributed by atoms with Crippen molar-refractivity contribution in [1.82, 2.24) is 0 Å². The predicted octanol–water partition coefficient (Wildman–Crippen LogP) is 4.96. The van der Waals surface area contributed by atoms with Gasteiger partial charge in [0.15, 0.2) is 0 Å². The molecule has 0 aliphatic carbocycles. The van der Waals surface area contributed by atoms with E-state index in [4.69, 9.17) is 4.18 Å². The molecule has 5 heteroatoms. The Bertz CT molecular complexity index is 782. The average Bonchev–Trinajstić information content (AvgIpc) is 2.49. The van der Waals surface area contributed by atoms with Crippen LogP contribution in [0.25, 0.3) is 0 Å². The number of rotatable bonds is 5. The molecular weight excluding hydrogens is 376 g/mol. The van der Waals surface area contributed by atoms with Gasteiger partial charge in [-0.3, -0.25) is 4.18 Å². The van der Waals surface area contributed by atoms with Crippen molar-refractivity contribution in [1.29, 1.82) is 0 Å². The maximum absolute atomic E-state index is 12.4. The molecule has 0 fully saturated rings. The molecule has 0 heterocycles. The third kappa shape index (κ3) is 4.43. The van der Waals surface area contributed by atoms with Gasteiger partial charge in [0.2, 0.25) is 0 Å². The van der Waals surface area contributed by atoms with Gasteiger partial charge in [-0.2, -0.15) is 8.42 Å². The van der Waals surface area contributed by atoms with E-state index in [9.17, 15) is 8.42 Å². The summed E-state index contributed by atoms with van der Waals surface area (Å²) in [6.07, 6.45) is -0.453. The van der Waals surface area contributed by atoms with Crippen LogP contribution in [0.15, 0.2) is 51.8 Å². The first-order chi connectivity index (χ1) is 10.7. The fourth-order valence-corrected chi connectivity index (χ4v) is 3.67. The molecule has 0 spiro atoms. The van der Waals surface area contributed by atoms with Gasteiger partial charge in [0.1, 0.15) is 0 Å². The number of hydrogen-bond acceptors (Lipinski definition) is 3. The topological polar surface area (TPSA) is 43.4 Å². The first-order valence-corrected chi connectivity index (χ1v) is 9.67. The van der Waals surface area contributed by atoms with Gasteiger partial charge >= 0.3 is 0 Å². The minimum atomic E-state index is -3.77. The number of benzene rings is 2. The van der Waals surface area contributed by atoms with E-state index in [2.05, 4.69) is 41.9 Å². The standard InChI is InChI=1S/C18H21BrO3S/c1-12-5-6-16(11-13(12)2)14(3)15(4)22-23(20,21)18-9-7-17(19)8-10-18/h5-11,14-15H,1-4H3/t14-,15-/m1/s1. The average molecular weight is 397 g/mol. The molecule has 0 amide bonds. The Morgan fingerprint density at radius 3 is 2.13 bits per heavy atom. The van der Waals surface area contributed by atoms with Crippen LogP contribution in [-0.2, 0) is 14.3 Å². The van der Waals surface area contributed by atoms with E-state index in [0.29, 0.717) is 0 Å². The summed E-state index contributed by atoms with van der Waals surface area (Å²) >= 11 is 3.29. The molecule has 23 heavy (non-hydrogen) atoms. The predicted molar refractivity (Wildman–Crippen MR) is 96.2 cm³/mol. The van der Waals surface area contributed by atoms with E-state index in [-0.39, 0.29) is 10.8 Å². The lowest BCUT2D eigenvalue weighted by Crippen LogP contribution is -2.21. The summed E-state index contributed by atoms with van der Waals surface area (Å²) in [6.45, 7) is 7.87. The quantitative estimate of drug-likeness (QED) is 0.670. The maximum Gasteiger partial charge on any atom is 0.297 e. The summed E-state index contributed by atoms with van der Waals surface area (Å²) in [6, 6.07) is 12.6. The van der Waals surface area contributed by atoms with Crippen LogP contribution in [0.1, 0.15) is 36.5 Å². The molecule has 0 aliphatic rings. The highest BCUT2D eigenvalue weighted by Gasteiger charge is 2.24. The molecule has 3 nitrogen and oxygen atoms in total. The van der Waals surface area contributed by atoms with Crippen molar-refractivity contribution in [3.05, 3.63) is 63.6 Å². The molecular formula is C18H21BrO3S. The first kappa shape index (κ1) is 18.2. The Morgan fingerprint density at radius 2 is 1.57 bits per heavy atom. The zero-order valence-electron chi connectivity index (χ0n) is 13.7. The molecule has 2 rings (SSSR count). The van der Waals surface area contributed by atoms with Gasteiger partial charge in [-0.05, 0) is 61.7 Å². The van der Waals surface area contributed by atoms with E-state index >= 15 is 0 Å². The molecule has 2 atom stereocenters. The van der Waals surface area contributed by atoms with Crippen LogP contribution in [-0.4, -0.2) is 14.5 Å². The second-order valence-electron chi connectivity index (χ2n) is 5.84. The van der Waals surface area contributed by atoms with Crippen molar-refractivity contribution in [2.75, 3.05) is 0 Å². The zero-order valence-corrected chi connectivity index (χ0v) is 16.1. The molecule has 0 saturated carbocycles. The molecule has 0 radical (unpaired) electrons. The normalized spacial score (nSPS) is 14.5. The van der Waals surface area contributed by atoms with E-state index < -0.39 is 16.2 Å². The number of halogens is 1. The van der Waals surface area contributed by atoms with Gasteiger partial charge in [-0.1, -0.05) is 41.1 Å². The maximum atomic E-state index is 12.4. The second-order valence-corrected chi connectivity index (χ2v) is 8.33. The Kier molecular flexibility index (Phi) is 5.65. The van der Waals surface area contributed by atoms with Crippen LogP contribution in [0.2, 0.25) is 0 Å². The third-order valence-corrected chi connectivity index (χ3v) is 6.08. The summed E-state index contributed by atoms with van der Waals surface area (Å²) < 4.78 is 31.0. The van der Waals surface area contributed by atoms with Crippen LogP contribution < -0.4 is 0 Å². The van der Waals surface area contributed by atoms with Crippen LogP contribution in [0.3, 0.4) is 0 Å². The number of hydrogen-bond donors (Lipinski definition) is 0. The van der Waals surface area contributed by atoms with E-state index in [1.807, 2.05) is 13.0 Å². The summed E-state index contributed by atoms with van der Waals surface area (Å²) in [5.74, 6) is -0.0282. The summed E-state index contributed by atoms with van der Waals surface area (Å²) in [5.41, 5.74) is 3.49. The monoisotopic (exact) mass is 396 g/mol. The molecule has 124 valence electrons. The fourth-order valence-electron chi connectivity index (χ4n) is 2.26. The van der Waals surface area contributed by atoms with Gasteiger partial charge in [-0.25, -0.2) is 0 Å². The van der Waals surface area contributed by atoms with Gasteiger partial charge in [0.25, 0.3) is 10.1 Å². The lowest BCUT2D eigenvalue weighted by atomic mass is 9.93. The Hall–Kier alpha value is -1.17. The molecule has 0 bridgehead atoms. The minimum absolute atomic E-state index is 0.0282.